The van der Waals surface area contributed by atoms with Crippen molar-refractivity contribution < 1.29 is 4.79 Å². The molecule has 0 fully saturated rings. The van der Waals surface area contributed by atoms with Crippen LogP contribution in [0.3, 0.4) is 0 Å². The van der Waals surface area contributed by atoms with Crippen molar-refractivity contribution in [3.05, 3.63) is 0 Å². The van der Waals surface area contributed by atoms with E-state index in [-0.39, 0.29) is 10.7 Å². The van der Waals surface area contributed by atoms with Crippen LogP contribution < -0.4 is 5.32 Å². The average molecular weight is 189 g/mol. The Bertz CT molecular complexity index is 145. The molecule has 0 spiro atoms. The van der Waals surface area contributed by atoms with Gasteiger partial charge in [0.15, 0.2) is 0 Å². The normalized spacial score (nSPS) is 11.3. The smallest absolute Gasteiger partial charge is 0.230 e. The molecule has 0 aromatic carbocycles. The van der Waals surface area contributed by atoms with Crippen LogP contribution in [0.25, 0.3) is 0 Å². The van der Waals surface area contributed by atoms with Crippen molar-refractivity contribution in [2.24, 2.45) is 0 Å². The van der Waals surface area contributed by atoms with Crippen LogP contribution in [-0.4, -0.2) is 23.0 Å². The van der Waals surface area contributed by atoms with E-state index in [1.165, 1.54) is 0 Å². The number of rotatable bonds is 5. The van der Waals surface area contributed by atoms with Gasteiger partial charge in [-0.1, -0.05) is 20.8 Å². The van der Waals surface area contributed by atoms with Gasteiger partial charge in [-0.15, -0.1) is 11.8 Å². The van der Waals surface area contributed by atoms with Crippen LogP contribution in [0.4, 0.5) is 0 Å². The van der Waals surface area contributed by atoms with Crippen LogP contribution in [0.5, 0.6) is 0 Å². The first kappa shape index (κ1) is 11.8. The summed E-state index contributed by atoms with van der Waals surface area (Å²) >= 11 is 1.71. The zero-order valence-corrected chi connectivity index (χ0v) is 9.25. The first-order chi connectivity index (χ1) is 5.52. The molecule has 1 N–H and O–H groups in total. The summed E-state index contributed by atoms with van der Waals surface area (Å²) in [5, 5.41) is 2.78. The van der Waals surface area contributed by atoms with E-state index in [9.17, 15) is 4.79 Å². The summed E-state index contributed by atoms with van der Waals surface area (Å²) in [6.07, 6.45) is 1.09. The van der Waals surface area contributed by atoms with Gasteiger partial charge in [-0.2, -0.15) is 0 Å². The predicted molar refractivity (Wildman–Crippen MR) is 55.5 cm³/mol. The molecular weight excluding hydrogens is 170 g/mol. The maximum absolute atomic E-state index is 11.1. The molecule has 0 rings (SSSR count). The number of amides is 1. The number of nitrogens with one attached hydrogen (secondary N) is 1. The van der Waals surface area contributed by atoms with Gasteiger partial charge in [0.05, 0.1) is 5.75 Å². The Morgan fingerprint density at radius 2 is 2.00 bits per heavy atom. The van der Waals surface area contributed by atoms with Crippen LogP contribution >= 0.6 is 11.8 Å². The predicted octanol–water partition coefficient (Wildman–Crippen LogP) is 2.04. The molecule has 0 bridgehead atoms. The van der Waals surface area contributed by atoms with Crippen LogP contribution in [0, 0.1) is 0 Å². The molecular formula is C9H19NOS. The van der Waals surface area contributed by atoms with Crippen LogP contribution in [0.15, 0.2) is 0 Å². The lowest BCUT2D eigenvalue weighted by atomic mass is 10.1. The number of thioether (sulfide) groups is 1. The van der Waals surface area contributed by atoms with E-state index < -0.39 is 0 Å². The fraction of sp³-hybridized carbons (Fsp3) is 0.889. The van der Waals surface area contributed by atoms with Crippen molar-refractivity contribution in [2.75, 3.05) is 12.3 Å². The monoisotopic (exact) mass is 189 g/mol. The Kier molecular flexibility index (Phi) is 5.38. The Hall–Kier alpha value is -0.180. The molecule has 2 nitrogen and oxygen atoms in total. The highest BCUT2D eigenvalue weighted by molar-refractivity contribution is 8.01. The molecule has 0 unspecified atom stereocenters. The standard InChI is InChI=1S/C9H19NOS/c1-5-9(3,4)12-7-8(11)10-6-2/h5-7H2,1-4H3,(H,10,11). The van der Waals surface area contributed by atoms with Gasteiger partial charge in [-0.05, 0) is 13.3 Å². The molecule has 0 aromatic heterocycles. The third kappa shape index (κ3) is 5.47. The molecule has 0 heterocycles. The number of hydrogen-bond acceptors (Lipinski definition) is 2. The van der Waals surface area contributed by atoms with Crippen molar-refractivity contribution in [1.29, 1.82) is 0 Å². The van der Waals surface area contributed by atoms with E-state index >= 15 is 0 Å². The molecule has 0 aromatic rings. The zero-order chi connectivity index (χ0) is 9.61. The summed E-state index contributed by atoms with van der Waals surface area (Å²) in [4.78, 5) is 11.1. The van der Waals surface area contributed by atoms with Crippen molar-refractivity contribution >= 4 is 17.7 Å². The average Bonchev–Trinajstić information content (AvgIpc) is 2.02. The van der Waals surface area contributed by atoms with Crippen LogP contribution in [0.2, 0.25) is 0 Å². The number of hydrogen-bond donors (Lipinski definition) is 1. The molecule has 0 aliphatic carbocycles. The summed E-state index contributed by atoms with van der Waals surface area (Å²) in [6, 6.07) is 0. The Labute approximate surface area is 79.5 Å². The highest BCUT2D eigenvalue weighted by Gasteiger charge is 2.16. The fourth-order valence-electron chi connectivity index (χ4n) is 0.611. The SMILES string of the molecule is CCNC(=O)CSC(C)(C)CC. The molecule has 3 heteroatoms. The Morgan fingerprint density at radius 3 is 2.42 bits per heavy atom. The van der Waals surface area contributed by atoms with Crippen molar-refractivity contribution in [3.63, 3.8) is 0 Å². The van der Waals surface area contributed by atoms with E-state index in [4.69, 9.17) is 0 Å². The summed E-state index contributed by atoms with van der Waals surface area (Å²) in [5.41, 5.74) is 0. The maximum atomic E-state index is 11.1. The molecule has 0 aliphatic rings. The van der Waals surface area contributed by atoms with E-state index in [1.807, 2.05) is 6.92 Å². The summed E-state index contributed by atoms with van der Waals surface area (Å²) in [7, 11) is 0. The van der Waals surface area contributed by atoms with Gasteiger partial charge in [-0.25, -0.2) is 0 Å². The third-order valence-electron chi connectivity index (χ3n) is 1.82. The lowest BCUT2D eigenvalue weighted by molar-refractivity contribution is -0.118. The summed E-state index contributed by atoms with van der Waals surface area (Å²) in [6.45, 7) is 9.14. The quantitative estimate of drug-likeness (QED) is 0.717. The minimum Gasteiger partial charge on any atom is -0.356 e. The van der Waals surface area contributed by atoms with Crippen LogP contribution in [0.1, 0.15) is 34.1 Å². The van der Waals surface area contributed by atoms with Gasteiger partial charge in [0.25, 0.3) is 0 Å². The largest absolute Gasteiger partial charge is 0.356 e. The lowest BCUT2D eigenvalue weighted by Crippen LogP contribution is -2.27. The van der Waals surface area contributed by atoms with E-state index in [2.05, 4.69) is 26.1 Å². The molecule has 0 saturated heterocycles. The zero-order valence-electron chi connectivity index (χ0n) is 8.44. The van der Waals surface area contributed by atoms with Gasteiger partial charge in [-0.3, -0.25) is 4.79 Å². The van der Waals surface area contributed by atoms with Crippen molar-refractivity contribution in [1.82, 2.24) is 5.32 Å². The van der Waals surface area contributed by atoms with Crippen molar-refractivity contribution in [3.8, 4) is 0 Å². The van der Waals surface area contributed by atoms with E-state index in [1.54, 1.807) is 11.8 Å². The third-order valence-corrected chi connectivity index (χ3v) is 3.30. The molecule has 0 saturated carbocycles. The summed E-state index contributed by atoms with van der Waals surface area (Å²) in [5.74, 6) is 0.721. The van der Waals surface area contributed by atoms with Crippen LogP contribution in [-0.2, 0) is 4.79 Å². The lowest BCUT2D eigenvalue weighted by Gasteiger charge is -2.21. The van der Waals surface area contributed by atoms with Gasteiger partial charge in [0, 0.05) is 11.3 Å². The molecule has 0 radical (unpaired) electrons. The molecule has 0 aliphatic heterocycles. The fourth-order valence-corrected chi connectivity index (χ4v) is 1.44. The van der Waals surface area contributed by atoms with Gasteiger partial charge < -0.3 is 5.32 Å². The van der Waals surface area contributed by atoms with Gasteiger partial charge in [0.2, 0.25) is 5.91 Å². The Balaban J connectivity index is 3.60. The minimum atomic E-state index is 0.143. The second-order valence-corrected chi connectivity index (χ2v) is 5.04. The molecule has 1 amide bonds. The second kappa shape index (κ2) is 5.46. The molecule has 12 heavy (non-hydrogen) atoms. The van der Waals surface area contributed by atoms with Gasteiger partial charge in [0.1, 0.15) is 0 Å². The number of carbonyl (C=O) groups excluding carboxylic acids is 1. The van der Waals surface area contributed by atoms with E-state index in [0.717, 1.165) is 13.0 Å². The molecule has 0 atom stereocenters. The Morgan fingerprint density at radius 1 is 1.42 bits per heavy atom. The highest BCUT2D eigenvalue weighted by Crippen LogP contribution is 2.26. The van der Waals surface area contributed by atoms with Gasteiger partial charge >= 0.3 is 0 Å². The maximum Gasteiger partial charge on any atom is 0.230 e. The van der Waals surface area contributed by atoms with Crippen molar-refractivity contribution in [2.45, 2.75) is 38.9 Å². The topological polar surface area (TPSA) is 29.1 Å². The molecule has 72 valence electrons. The second-order valence-electron chi connectivity index (χ2n) is 3.36. The minimum absolute atomic E-state index is 0.143. The highest BCUT2D eigenvalue weighted by atomic mass is 32.2. The first-order valence-corrected chi connectivity index (χ1v) is 5.41. The summed E-state index contributed by atoms with van der Waals surface area (Å²) < 4.78 is 0.227. The van der Waals surface area contributed by atoms with E-state index in [0.29, 0.717) is 5.75 Å². The number of carbonyl (C=O) groups is 1. The first-order valence-electron chi connectivity index (χ1n) is 4.42.